The largest absolute Gasteiger partial charge is 0.388 e. The molecule has 0 aromatic carbocycles. The van der Waals surface area contributed by atoms with Crippen LogP contribution in [-0.2, 0) is 4.79 Å². The highest BCUT2D eigenvalue weighted by Crippen LogP contribution is 2.31. The molecule has 1 fully saturated rings. The zero-order chi connectivity index (χ0) is 12.0. The van der Waals surface area contributed by atoms with Crippen LogP contribution < -0.4 is 10.6 Å². The van der Waals surface area contributed by atoms with Crippen LogP contribution in [0.25, 0.3) is 0 Å². The first kappa shape index (κ1) is 13.5. The highest BCUT2D eigenvalue weighted by Gasteiger charge is 2.31. The van der Waals surface area contributed by atoms with Crippen LogP contribution in [0.5, 0.6) is 0 Å². The first-order valence-corrected chi connectivity index (χ1v) is 6.25. The Hall–Kier alpha value is -0.610. The Morgan fingerprint density at radius 3 is 2.62 bits per heavy atom. The van der Waals surface area contributed by atoms with E-state index in [0.717, 1.165) is 32.2 Å². The van der Waals surface area contributed by atoms with Crippen molar-refractivity contribution in [1.82, 2.24) is 10.6 Å². The molecule has 0 radical (unpaired) electrons. The summed E-state index contributed by atoms with van der Waals surface area (Å²) in [5.41, 5.74) is -0.672. The van der Waals surface area contributed by atoms with Crippen molar-refractivity contribution in [2.24, 2.45) is 5.92 Å². The summed E-state index contributed by atoms with van der Waals surface area (Å²) in [5, 5.41) is 16.0. The Balaban J connectivity index is 2.23. The van der Waals surface area contributed by atoms with Crippen molar-refractivity contribution in [2.45, 2.75) is 45.1 Å². The first-order valence-electron chi connectivity index (χ1n) is 6.25. The van der Waals surface area contributed by atoms with Crippen LogP contribution >= 0.6 is 0 Å². The number of amides is 1. The van der Waals surface area contributed by atoms with Crippen LogP contribution in [0.1, 0.15) is 39.5 Å². The van der Waals surface area contributed by atoms with Gasteiger partial charge in [-0.05, 0) is 38.1 Å². The third-order valence-electron chi connectivity index (χ3n) is 3.36. The van der Waals surface area contributed by atoms with Crippen LogP contribution in [0, 0.1) is 5.92 Å². The van der Waals surface area contributed by atoms with Gasteiger partial charge >= 0.3 is 0 Å². The summed E-state index contributed by atoms with van der Waals surface area (Å²) in [4.78, 5) is 11.4. The molecule has 0 bridgehead atoms. The summed E-state index contributed by atoms with van der Waals surface area (Å²) in [7, 11) is 0. The lowest BCUT2D eigenvalue weighted by molar-refractivity contribution is -0.122. The Bertz CT molecular complexity index is 223. The maximum absolute atomic E-state index is 11.4. The summed E-state index contributed by atoms with van der Waals surface area (Å²) < 4.78 is 0. The lowest BCUT2D eigenvalue weighted by Gasteiger charge is -2.34. The van der Waals surface area contributed by atoms with E-state index < -0.39 is 5.60 Å². The Labute approximate surface area is 97.8 Å². The minimum Gasteiger partial charge on any atom is -0.388 e. The zero-order valence-electron chi connectivity index (χ0n) is 10.4. The molecular formula is C12H24N2O2. The van der Waals surface area contributed by atoms with Gasteiger partial charge in [0.15, 0.2) is 0 Å². The Morgan fingerprint density at radius 1 is 1.44 bits per heavy atom. The fourth-order valence-corrected chi connectivity index (χ4v) is 2.04. The van der Waals surface area contributed by atoms with Gasteiger partial charge in [0, 0.05) is 6.54 Å². The molecule has 0 unspecified atom stereocenters. The molecule has 0 atom stereocenters. The third kappa shape index (κ3) is 4.49. The SMILES string of the molecule is CCNCC(=O)NCC1(O)CCC(C)CC1. The van der Waals surface area contributed by atoms with Gasteiger partial charge < -0.3 is 15.7 Å². The number of likely N-dealkylation sites (N-methyl/N-ethyl adjacent to an activating group) is 1. The van der Waals surface area contributed by atoms with E-state index in [4.69, 9.17) is 0 Å². The molecule has 0 heterocycles. The molecule has 3 N–H and O–H groups in total. The maximum atomic E-state index is 11.4. The van der Waals surface area contributed by atoms with E-state index in [1.807, 2.05) is 6.92 Å². The van der Waals surface area contributed by atoms with Gasteiger partial charge in [0.25, 0.3) is 0 Å². The average molecular weight is 228 g/mol. The Morgan fingerprint density at radius 2 is 2.06 bits per heavy atom. The van der Waals surface area contributed by atoms with Gasteiger partial charge in [-0.2, -0.15) is 0 Å². The second-order valence-electron chi connectivity index (χ2n) is 4.96. The molecule has 94 valence electrons. The summed E-state index contributed by atoms with van der Waals surface area (Å²) in [6.07, 6.45) is 3.71. The number of rotatable bonds is 5. The van der Waals surface area contributed by atoms with E-state index >= 15 is 0 Å². The average Bonchev–Trinajstić information content (AvgIpc) is 2.28. The van der Waals surface area contributed by atoms with Crippen LogP contribution in [-0.4, -0.2) is 36.2 Å². The van der Waals surface area contributed by atoms with Gasteiger partial charge in [0.2, 0.25) is 5.91 Å². The highest BCUT2D eigenvalue weighted by atomic mass is 16.3. The van der Waals surface area contributed by atoms with Gasteiger partial charge in [-0.3, -0.25) is 4.79 Å². The molecular weight excluding hydrogens is 204 g/mol. The van der Waals surface area contributed by atoms with Gasteiger partial charge in [-0.15, -0.1) is 0 Å². The van der Waals surface area contributed by atoms with Crippen molar-refractivity contribution in [3.63, 3.8) is 0 Å². The topological polar surface area (TPSA) is 61.4 Å². The minimum absolute atomic E-state index is 0.0334. The van der Waals surface area contributed by atoms with E-state index in [2.05, 4.69) is 17.6 Å². The van der Waals surface area contributed by atoms with E-state index in [1.165, 1.54) is 0 Å². The van der Waals surface area contributed by atoms with Crippen molar-refractivity contribution >= 4 is 5.91 Å². The predicted molar refractivity (Wildman–Crippen MR) is 64.1 cm³/mol. The molecule has 1 aliphatic carbocycles. The van der Waals surface area contributed by atoms with E-state index in [9.17, 15) is 9.90 Å². The summed E-state index contributed by atoms with van der Waals surface area (Å²) in [6.45, 7) is 5.69. The molecule has 1 aliphatic rings. The number of hydrogen-bond acceptors (Lipinski definition) is 3. The van der Waals surface area contributed by atoms with Crippen LogP contribution in [0.2, 0.25) is 0 Å². The molecule has 0 aliphatic heterocycles. The van der Waals surface area contributed by atoms with Gasteiger partial charge in [-0.25, -0.2) is 0 Å². The van der Waals surface area contributed by atoms with Gasteiger partial charge in [0.1, 0.15) is 0 Å². The molecule has 1 saturated carbocycles. The van der Waals surface area contributed by atoms with Gasteiger partial charge in [-0.1, -0.05) is 13.8 Å². The highest BCUT2D eigenvalue weighted by molar-refractivity contribution is 5.78. The normalized spacial score (nSPS) is 30.1. The van der Waals surface area contributed by atoms with Crippen molar-refractivity contribution in [3.8, 4) is 0 Å². The number of hydrogen-bond donors (Lipinski definition) is 3. The smallest absolute Gasteiger partial charge is 0.234 e. The van der Waals surface area contributed by atoms with Crippen LogP contribution in [0.4, 0.5) is 0 Å². The fourth-order valence-electron chi connectivity index (χ4n) is 2.04. The van der Waals surface area contributed by atoms with Crippen LogP contribution in [0.3, 0.4) is 0 Å². The third-order valence-corrected chi connectivity index (χ3v) is 3.36. The summed E-state index contributed by atoms with van der Waals surface area (Å²) in [5.74, 6) is 0.673. The van der Waals surface area contributed by atoms with E-state index in [-0.39, 0.29) is 5.91 Å². The monoisotopic (exact) mass is 228 g/mol. The van der Waals surface area contributed by atoms with Gasteiger partial charge in [0.05, 0.1) is 12.1 Å². The molecule has 1 amide bonds. The molecule has 0 spiro atoms. The Kier molecular flexibility index (Phi) is 5.22. The van der Waals surface area contributed by atoms with Crippen molar-refractivity contribution in [2.75, 3.05) is 19.6 Å². The molecule has 1 rings (SSSR count). The van der Waals surface area contributed by atoms with Crippen molar-refractivity contribution in [3.05, 3.63) is 0 Å². The molecule has 16 heavy (non-hydrogen) atoms. The molecule has 0 aromatic rings. The lowest BCUT2D eigenvalue weighted by atomic mass is 9.79. The first-order chi connectivity index (χ1) is 7.56. The number of nitrogens with one attached hydrogen (secondary N) is 2. The minimum atomic E-state index is -0.672. The zero-order valence-corrected chi connectivity index (χ0v) is 10.4. The second-order valence-corrected chi connectivity index (χ2v) is 4.96. The molecule has 4 nitrogen and oxygen atoms in total. The fraction of sp³-hybridized carbons (Fsp3) is 0.917. The van der Waals surface area contributed by atoms with Crippen molar-refractivity contribution < 1.29 is 9.90 Å². The standard InChI is InChI=1S/C12H24N2O2/c1-3-13-8-11(15)14-9-12(16)6-4-10(2)5-7-12/h10,13,16H,3-9H2,1-2H3,(H,14,15). The lowest BCUT2D eigenvalue weighted by Crippen LogP contribution is -2.47. The number of carbonyl (C=O) groups is 1. The number of aliphatic hydroxyl groups is 1. The summed E-state index contributed by atoms with van der Waals surface area (Å²) in [6, 6.07) is 0. The molecule has 4 heteroatoms. The number of carbonyl (C=O) groups excluding carboxylic acids is 1. The van der Waals surface area contributed by atoms with E-state index in [0.29, 0.717) is 19.0 Å². The quantitative estimate of drug-likeness (QED) is 0.647. The maximum Gasteiger partial charge on any atom is 0.234 e. The van der Waals surface area contributed by atoms with Crippen LogP contribution in [0.15, 0.2) is 0 Å². The molecule has 0 saturated heterocycles. The second kappa shape index (κ2) is 6.21. The van der Waals surface area contributed by atoms with Crippen molar-refractivity contribution in [1.29, 1.82) is 0 Å². The summed E-state index contributed by atoms with van der Waals surface area (Å²) >= 11 is 0. The predicted octanol–water partition coefficient (Wildman–Crippen LogP) is 0.653. The van der Waals surface area contributed by atoms with E-state index in [1.54, 1.807) is 0 Å². The molecule has 0 aromatic heterocycles.